The number of hydrogen-bond donors (Lipinski definition) is 1. The molecule has 4 heteroatoms. The van der Waals surface area contributed by atoms with Crippen LogP contribution in [0, 0.1) is 12.8 Å². The van der Waals surface area contributed by atoms with Crippen LogP contribution < -0.4 is 10.5 Å². The fourth-order valence-electron chi connectivity index (χ4n) is 2.94. The fourth-order valence-corrected chi connectivity index (χ4v) is 4.52. The molecule has 2 atom stereocenters. The fraction of sp³-hybridized carbons (Fsp3) is 0.625. The second kappa shape index (κ2) is 7.23. The van der Waals surface area contributed by atoms with Crippen molar-refractivity contribution in [2.75, 3.05) is 18.6 Å². The van der Waals surface area contributed by atoms with Gasteiger partial charge in [-0.05, 0) is 31.7 Å². The summed E-state index contributed by atoms with van der Waals surface area (Å²) >= 11 is 0. The molecule has 0 heterocycles. The Hall–Kier alpha value is -0.870. The molecule has 0 aliphatic heterocycles. The van der Waals surface area contributed by atoms with Crippen molar-refractivity contribution < 1.29 is 8.95 Å². The summed E-state index contributed by atoms with van der Waals surface area (Å²) < 4.78 is 17.6. The van der Waals surface area contributed by atoms with Crippen molar-refractivity contribution in [1.82, 2.24) is 0 Å². The molecule has 1 aromatic carbocycles. The van der Waals surface area contributed by atoms with Crippen molar-refractivity contribution in [2.45, 2.75) is 38.6 Å². The van der Waals surface area contributed by atoms with Gasteiger partial charge in [0.2, 0.25) is 0 Å². The van der Waals surface area contributed by atoms with Crippen LogP contribution in [0.25, 0.3) is 0 Å². The second-order valence-electron chi connectivity index (χ2n) is 5.78. The van der Waals surface area contributed by atoms with Crippen LogP contribution in [0.5, 0.6) is 5.75 Å². The van der Waals surface area contributed by atoms with Crippen molar-refractivity contribution >= 4 is 10.8 Å². The maximum Gasteiger partial charge on any atom is 0.123 e. The van der Waals surface area contributed by atoms with Gasteiger partial charge in [0, 0.05) is 33.9 Å². The molecule has 2 rings (SSSR count). The number of hydrogen-bond acceptors (Lipinski definition) is 3. The minimum Gasteiger partial charge on any atom is -0.496 e. The molecule has 2 N–H and O–H groups in total. The van der Waals surface area contributed by atoms with Crippen LogP contribution in [0.3, 0.4) is 0 Å². The zero-order valence-corrected chi connectivity index (χ0v) is 13.2. The first kappa shape index (κ1) is 15.5. The van der Waals surface area contributed by atoms with Gasteiger partial charge in [0.15, 0.2) is 0 Å². The average molecular weight is 295 g/mol. The number of methoxy groups -OCH3 is 1. The molecular weight excluding hydrogens is 270 g/mol. The van der Waals surface area contributed by atoms with Gasteiger partial charge in [-0.15, -0.1) is 0 Å². The predicted molar refractivity (Wildman–Crippen MR) is 84.5 cm³/mol. The van der Waals surface area contributed by atoms with Crippen molar-refractivity contribution in [3.8, 4) is 5.75 Å². The third kappa shape index (κ3) is 4.06. The largest absolute Gasteiger partial charge is 0.496 e. The number of rotatable bonds is 6. The van der Waals surface area contributed by atoms with Crippen molar-refractivity contribution in [2.24, 2.45) is 11.7 Å². The first-order valence-corrected chi connectivity index (χ1v) is 8.84. The van der Waals surface area contributed by atoms with E-state index >= 15 is 0 Å². The molecule has 0 spiro atoms. The Morgan fingerprint density at radius 2 is 2.10 bits per heavy atom. The molecule has 0 saturated heterocycles. The summed E-state index contributed by atoms with van der Waals surface area (Å²) in [6.07, 6.45) is 5.04. The lowest BCUT2D eigenvalue weighted by Gasteiger charge is -2.17. The quantitative estimate of drug-likeness (QED) is 0.878. The lowest BCUT2D eigenvalue weighted by molar-refractivity contribution is 0.407. The van der Waals surface area contributed by atoms with Crippen LogP contribution in [0.2, 0.25) is 0 Å². The Morgan fingerprint density at radius 3 is 2.75 bits per heavy atom. The van der Waals surface area contributed by atoms with Gasteiger partial charge < -0.3 is 10.5 Å². The number of aryl methyl sites for hydroxylation is 1. The SMILES string of the molecule is COc1ccc(C)cc1C(N)CS(=O)CC1CCCC1. The zero-order chi connectivity index (χ0) is 14.5. The molecule has 2 unspecified atom stereocenters. The topological polar surface area (TPSA) is 52.3 Å². The van der Waals surface area contributed by atoms with Crippen molar-refractivity contribution in [1.29, 1.82) is 0 Å². The molecule has 20 heavy (non-hydrogen) atoms. The normalized spacial score (nSPS) is 18.9. The first-order chi connectivity index (χ1) is 9.60. The number of nitrogens with two attached hydrogens (primary N) is 1. The molecule has 1 aliphatic carbocycles. The van der Waals surface area contributed by atoms with E-state index in [0.29, 0.717) is 11.7 Å². The smallest absolute Gasteiger partial charge is 0.123 e. The van der Waals surface area contributed by atoms with Gasteiger partial charge in [-0.25, -0.2) is 0 Å². The Kier molecular flexibility index (Phi) is 5.61. The van der Waals surface area contributed by atoms with E-state index in [9.17, 15) is 4.21 Å². The van der Waals surface area contributed by atoms with Crippen LogP contribution in [-0.2, 0) is 10.8 Å². The molecule has 1 fully saturated rings. The Morgan fingerprint density at radius 1 is 1.40 bits per heavy atom. The average Bonchev–Trinajstić information content (AvgIpc) is 2.91. The summed E-state index contributed by atoms with van der Waals surface area (Å²) in [5, 5.41) is 0. The van der Waals surface area contributed by atoms with E-state index in [1.807, 2.05) is 25.1 Å². The van der Waals surface area contributed by atoms with Gasteiger partial charge >= 0.3 is 0 Å². The van der Waals surface area contributed by atoms with Crippen LogP contribution in [0.1, 0.15) is 42.9 Å². The Balaban J connectivity index is 1.98. The maximum atomic E-state index is 12.3. The van der Waals surface area contributed by atoms with Crippen molar-refractivity contribution in [3.05, 3.63) is 29.3 Å². The van der Waals surface area contributed by atoms with Gasteiger partial charge in [-0.3, -0.25) is 4.21 Å². The number of ether oxygens (including phenoxy) is 1. The molecule has 3 nitrogen and oxygen atoms in total. The van der Waals surface area contributed by atoms with E-state index in [0.717, 1.165) is 22.6 Å². The maximum absolute atomic E-state index is 12.3. The lowest BCUT2D eigenvalue weighted by atomic mass is 10.1. The highest BCUT2D eigenvalue weighted by atomic mass is 32.2. The van der Waals surface area contributed by atoms with Crippen LogP contribution in [-0.4, -0.2) is 22.8 Å². The monoisotopic (exact) mass is 295 g/mol. The predicted octanol–water partition coefficient (Wildman–Crippen LogP) is 2.94. The molecule has 0 aromatic heterocycles. The Bertz CT molecular complexity index is 470. The zero-order valence-electron chi connectivity index (χ0n) is 12.4. The van der Waals surface area contributed by atoms with Gasteiger partial charge in [-0.2, -0.15) is 0 Å². The van der Waals surface area contributed by atoms with Crippen LogP contribution in [0.4, 0.5) is 0 Å². The molecule has 0 amide bonds. The lowest BCUT2D eigenvalue weighted by Crippen LogP contribution is -2.22. The van der Waals surface area contributed by atoms with E-state index in [4.69, 9.17) is 10.5 Å². The van der Waals surface area contributed by atoms with E-state index in [-0.39, 0.29) is 6.04 Å². The summed E-state index contributed by atoms with van der Waals surface area (Å²) in [5.74, 6) is 2.77. The summed E-state index contributed by atoms with van der Waals surface area (Å²) in [4.78, 5) is 0. The van der Waals surface area contributed by atoms with E-state index in [2.05, 4.69) is 0 Å². The molecule has 0 radical (unpaired) electrons. The van der Waals surface area contributed by atoms with E-state index in [1.165, 1.54) is 25.7 Å². The highest BCUT2D eigenvalue weighted by molar-refractivity contribution is 7.85. The molecule has 0 bridgehead atoms. The second-order valence-corrected chi connectivity index (χ2v) is 7.32. The van der Waals surface area contributed by atoms with E-state index in [1.54, 1.807) is 7.11 Å². The highest BCUT2D eigenvalue weighted by Gasteiger charge is 2.20. The van der Waals surface area contributed by atoms with Gasteiger partial charge in [0.1, 0.15) is 5.75 Å². The molecule has 1 saturated carbocycles. The molecular formula is C16H25NO2S. The minimum absolute atomic E-state index is 0.216. The summed E-state index contributed by atoms with van der Waals surface area (Å²) in [5.41, 5.74) is 8.36. The summed E-state index contributed by atoms with van der Waals surface area (Å²) in [7, 11) is 0.811. The third-order valence-electron chi connectivity index (χ3n) is 4.05. The first-order valence-electron chi connectivity index (χ1n) is 7.35. The van der Waals surface area contributed by atoms with Gasteiger partial charge in [0.05, 0.1) is 7.11 Å². The Labute approximate surface area is 124 Å². The summed E-state index contributed by atoms with van der Waals surface area (Å²) in [6.45, 7) is 2.03. The van der Waals surface area contributed by atoms with Crippen LogP contribution in [0.15, 0.2) is 18.2 Å². The third-order valence-corrected chi connectivity index (χ3v) is 5.62. The van der Waals surface area contributed by atoms with E-state index < -0.39 is 10.8 Å². The van der Waals surface area contributed by atoms with Crippen LogP contribution >= 0.6 is 0 Å². The molecule has 1 aromatic rings. The molecule has 112 valence electrons. The standard InChI is InChI=1S/C16H25NO2S/c1-12-7-8-16(19-2)14(9-12)15(17)11-20(18)10-13-5-3-4-6-13/h7-9,13,15H,3-6,10-11,17H2,1-2H3. The van der Waals surface area contributed by atoms with Gasteiger partial charge in [0.25, 0.3) is 0 Å². The van der Waals surface area contributed by atoms with Gasteiger partial charge in [-0.1, -0.05) is 30.5 Å². The summed E-state index contributed by atoms with van der Waals surface area (Å²) in [6, 6.07) is 5.76. The minimum atomic E-state index is -0.838. The highest BCUT2D eigenvalue weighted by Crippen LogP contribution is 2.28. The van der Waals surface area contributed by atoms with Crippen molar-refractivity contribution in [3.63, 3.8) is 0 Å². The molecule has 1 aliphatic rings. The number of benzene rings is 1.